The van der Waals surface area contributed by atoms with Gasteiger partial charge in [-0.25, -0.2) is 0 Å². The first-order valence-corrected chi connectivity index (χ1v) is 14.1. The summed E-state index contributed by atoms with van der Waals surface area (Å²) in [5.41, 5.74) is 0.854. The van der Waals surface area contributed by atoms with Crippen LogP contribution in [0.1, 0.15) is 84.6 Å². The summed E-state index contributed by atoms with van der Waals surface area (Å²) >= 11 is 0. The number of methoxy groups -OCH3 is 2. The number of carbonyl (C=O) groups excluding carboxylic acids is 2. The topological polar surface area (TPSA) is 85.9 Å². The molecule has 1 aromatic rings. The summed E-state index contributed by atoms with van der Waals surface area (Å²) in [5, 5.41) is 6.13. The van der Waals surface area contributed by atoms with Crippen LogP contribution in [0.3, 0.4) is 0 Å². The van der Waals surface area contributed by atoms with Crippen molar-refractivity contribution in [2.75, 3.05) is 34.0 Å². The Morgan fingerprint density at radius 1 is 1.03 bits per heavy atom. The molecule has 2 amide bonds. The van der Waals surface area contributed by atoms with E-state index in [2.05, 4.69) is 50.5 Å². The number of hydrogen-bond donors (Lipinski definition) is 2. The van der Waals surface area contributed by atoms with Gasteiger partial charge in [0, 0.05) is 39.1 Å². The zero-order chi connectivity index (χ0) is 27.3. The molecule has 1 aliphatic heterocycles. The summed E-state index contributed by atoms with van der Waals surface area (Å²) in [5.74, 6) is 2.25. The molecular formula is C30H51ClN2O5. The second-order valence-electron chi connectivity index (χ2n) is 11.0. The fourth-order valence-corrected chi connectivity index (χ4v) is 5.57. The van der Waals surface area contributed by atoms with E-state index in [1.54, 1.807) is 14.2 Å². The highest BCUT2D eigenvalue weighted by Gasteiger charge is 2.43. The number of nitrogens with one attached hydrogen (secondary N) is 2. The Hall–Kier alpha value is -1.99. The Kier molecular flexibility index (Phi) is 15.7. The van der Waals surface area contributed by atoms with Crippen LogP contribution in [0.15, 0.2) is 18.2 Å². The number of ether oxygens (including phenoxy) is 3. The first kappa shape index (κ1) is 34.0. The predicted molar refractivity (Wildman–Crippen MR) is 155 cm³/mol. The van der Waals surface area contributed by atoms with Crippen LogP contribution in [0.4, 0.5) is 0 Å². The normalized spacial score (nSPS) is 15.4. The van der Waals surface area contributed by atoms with Crippen LogP contribution in [0.5, 0.6) is 11.5 Å². The van der Waals surface area contributed by atoms with E-state index in [0.717, 1.165) is 62.9 Å². The third-order valence-corrected chi connectivity index (χ3v) is 7.86. The maximum atomic E-state index is 13.4. The number of unbranched alkanes of at least 4 members (excludes halogenated alkanes) is 3. The number of amides is 2. The number of halogens is 1. The molecule has 0 radical (unpaired) electrons. The lowest BCUT2D eigenvalue weighted by Gasteiger charge is -2.40. The van der Waals surface area contributed by atoms with Gasteiger partial charge in [0.1, 0.15) is 0 Å². The minimum atomic E-state index is -0.395. The standard InChI is InChI=1S/C30H50N2O5.ClH/c1-22(2)30(23(3)4,29(34)31-21-25-14-16-28(33)32-25)17-10-8-7-9-12-24-13-15-26(36-6)27(20-24)37-19-11-18-35-5;/h13,15,20,22-23,25H,7-12,14,16-19,21H2,1-6H3,(H,31,34)(H,32,33);1H/t25-;/m0./s1. The van der Waals surface area contributed by atoms with Crippen LogP contribution in [-0.2, 0) is 20.7 Å². The van der Waals surface area contributed by atoms with Gasteiger partial charge in [0.2, 0.25) is 11.8 Å². The van der Waals surface area contributed by atoms with E-state index in [9.17, 15) is 9.59 Å². The van der Waals surface area contributed by atoms with Crippen LogP contribution in [-0.4, -0.2) is 51.8 Å². The Morgan fingerprint density at radius 2 is 1.74 bits per heavy atom. The van der Waals surface area contributed by atoms with Crippen molar-refractivity contribution in [3.63, 3.8) is 0 Å². The van der Waals surface area contributed by atoms with E-state index in [0.29, 0.717) is 26.2 Å². The Morgan fingerprint density at radius 3 is 2.34 bits per heavy atom. The van der Waals surface area contributed by atoms with Crippen molar-refractivity contribution in [3.05, 3.63) is 23.8 Å². The van der Waals surface area contributed by atoms with Crippen LogP contribution in [0.2, 0.25) is 0 Å². The van der Waals surface area contributed by atoms with Crippen molar-refractivity contribution < 1.29 is 23.8 Å². The maximum absolute atomic E-state index is 13.4. The molecular weight excluding hydrogens is 504 g/mol. The molecule has 0 spiro atoms. The van der Waals surface area contributed by atoms with E-state index in [4.69, 9.17) is 14.2 Å². The molecule has 0 aliphatic carbocycles. The van der Waals surface area contributed by atoms with Gasteiger partial charge in [-0.1, -0.05) is 53.0 Å². The van der Waals surface area contributed by atoms with Crippen LogP contribution >= 0.6 is 12.4 Å². The van der Waals surface area contributed by atoms with Gasteiger partial charge in [0.15, 0.2) is 11.5 Å². The van der Waals surface area contributed by atoms with Gasteiger partial charge in [0.05, 0.1) is 19.1 Å². The summed E-state index contributed by atoms with van der Waals surface area (Å²) in [4.78, 5) is 24.9. The lowest BCUT2D eigenvalue weighted by Crippen LogP contribution is -2.50. The maximum Gasteiger partial charge on any atom is 0.226 e. The first-order chi connectivity index (χ1) is 17.7. The van der Waals surface area contributed by atoms with Gasteiger partial charge in [-0.15, -0.1) is 12.4 Å². The average Bonchev–Trinajstić information content (AvgIpc) is 3.29. The molecule has 7 nitrogen and oxygen atoms in total. The number of carbonyl (C=O) groups is 2. The molecule has 1 fully saturated rings. The summed E-state index contributed by atoms with van der Waals surface area (Å²) in [6.07, 6.45) is 8.41. The lowest BCUT2D eigenvalue weighted by atomic mass is 9.65. The smallest absolute Gasteiger partial charge is 0.226 e. The molecule has 2 rings (SSSR count). The largest absolute Gasteiger partial charge is 0.493 e. The second-order valence-corrected chi connectivity index (χ2v) is 11.0. The SMILES string of the molecule is COCCCOc1cc(CCCCCCC(C(=O)NC[C@@H]2CCC(=O)N2)(C(C)C)C(C)C)ccc1OC.Cl. The quantitative estimate of drug-likeness (QED) is 0.227. The Balaban J connectivity index is 0.00000722. The van der Waals surface area contributed by atoms with Crippen molar-refractivity contribution in [2.45, 2.75) is 91.5 Å². The summed E-state index contributed by atoms with van der Waals surface area (Å²) < 4.78 is 16.5. The summed E-state index contributed by atoms with van der Waals surface area (Å²) in [6.45, 7) is 10.4. The molecule has 38 heavy (non-hydrogen) atoms. The minimum absolute atomic E-state index is 0. The van der Waals surface area contributed by atoms with E-state index in [1.807, 2.05) is 6.07 Å². The fraction of sp³-hybridized carbons (Fsp3) is 0.733. The fourth-order valence-electron chi connectivity index (χ4n) is 5.57. The highest BCUT2D eigenvalue weighted by atomic mass is 35.5. The number of aryl methyl sites for hydroxylation is 1. The third kappa shape index (κ3) is 9.96. The molecule has 2 N–H and O–H groups in total. The van der Waals surface area contributed by atoms with Gasteiger partial charge >= 0.3 is 0 Å². The number of hydrogen-bond acceptors (Lipinski definition) is 5. The number of rotatable bonds is 18. The summed E-state index contributed by atoms with van der Waals surface area (Å²) in [7, 11) is 3.36. The Bertz CT molecular complexity index is 838. The van der Waals surface area contributed by atoms with Gasteiger partial charge in [-0.2, -0.15) is 0 Å². The van der Waals surface area contributed by atoms with Crippen LogP contribution in [0, 0.1) is 17.3 Å². The molecule has 1 aromatic carbocycles. The van der Waals surface area contributed by atoms with Crippen molar-refractivity contribution in [1.82, 2.24) is 10.6 Å². The van der Waals surface area contributed by atoms with Crippen molar-refractivity contribution >= 4 is 24.2 Å². The van der Waals surface area contributed by atoms with E-state index >= 15 is 0 Å². The molecule has 1 saturated heterocycles. The lowest BCUT2D eigenvalue weighted by molar-refractivity contribution is -0.138. The monoisotopic (exact) mass is 554 g/mol. The molecule has 218 valence electrons. The van der Waals surface area contributed by atoms with Crippen LogP contribution < -0.4 is 20.1 Å². The first-order valence-electron chi connectivity index (χ1n) is 14.1. The molecule has 1 heterocycles. The van der Waals surface area contributed by atoms with Gasteiger partial charge in [-0.3, -0.25) is 9.59 Å². The molecule has 0 aromatic heterocycles. The highest BCUT2D eigenvalue weighted by Crippen LogP contribution is 2.41. The molecule has 1 atom stereocenters. The van der Waals surface area contributed by atoms with Crippen molar-refractivity contribution in [1.29, 1.82) is 0 Å². The molecule has 0 saturated carbocycles. The molecule has 0 unspecified atom stereocenters. The molecule has 1 aliphatic rings. The van der Waals surface area contributed by atoms with Gasteiger partial charge in [0.25, 0.3) is 0 Å². The average molecular weight is 555 g/mol. The van der Waals surface area contributed by atoms with Crippen molar-refractivity contribution in [3.8, 4) is 11.5 Å². The predicted octanol–water partition coefficient (Wildman–Crippen LogP) is 5.72. The van der Waals surface area contributed by atoms with Gasteiger partial charge in [-0.05, 0) is 55.2 Å². The van der Waals surface area contributed by atoms with Crippen molar-refractivity contribution in [2.24, 2.45) is 17.3 Å². The third-order valence-electron chi connectivity index (χ3n) is 7.86. The van der Waals surface area contributed by atoms with Gasteiger partial charge < -0.3 is 24.8 Å². The van der Waals surface area contributed by atoms with E-state index < -0.39 is 5.41 Å². The minimum Gasteiger partial charge on any atom is -0.493 e. The zero-order valence-corrected chi connectivity index (χ0v) is 25.2. The van der Waals surface area contributed by atoms with E-state index in [1.165, 1.54) is 5.56 Å². The van der Waals surface area contributed by atoms with Crippen LogP contribution in [0.25, 0.3) is 0 Å². The second kappa shape index (κ2) is 17.6. The van der Waals surface area contributed by atoms with E-state index in [-0.39, 0.29) is 42.1 Å². The summed E-state index contributed by atoms with van der Waals surface area (Å²) in [6, 6.07) is 6.24. The highest BCUT2D eigenvalue weighted by molar-refractivity contribution is 5.85. The zero-order valence-electron chi connectivity index (χ0n) is 24.4. The molecule has 0 bridgehead atoms. The molecule has 8 heteroatoms. The Labute approximate surface area is 236 Å². The number of benzene rings is 1.